The Hall–Kier alpha value is -4.17. The molecule has 0 bridgehead atoms. The van der Waals surface area contributed by atoms with Crippen LogP contribution in [0.25, 0.3) is 0 Å². The van der Waals surface area contributed by atoms with Crippen molar-refractivity contribution in [2.75, 3.05) is 13.2 Å². The van der Waals surface area contributed by atoms with Crippen LogP contribution in [-0.4, -0.2) is 44.3 Å². The van der Waals surface area contributed by atoms with E-state index in [0.29, 0.717) is 24.9 Å². The summed E-state index contributed by atoms with van der Waals surface area (Å²) in [5, 5.41) is 2.01. The molecule has 2 atom stereocenters. The van der Waals surface area contributed by atoms with Gasteiger partial charge >= 0.3 is 5.97 Å². The second kappa shape index (κ2) is 15.4. The largest absolute Gasteiger partial charge is 0.463 e. The quantitative estimate of drug-likeness (QED) is 0.0585. The monoisotopic (exact) mass is 675 g/mol. The summed E-state index contributed by atoms with van der Waals surface area (Å²) in [6, 6.07) is 39.0. The van der Waals surface area contributed by atoms with Crippen molar-refractivity contribution in [2.45, 2.75) is 61.4 Å². The maximum Gasteiger partial charge on any atom is 0.330 e. The Kier molecular flexibility index (Phi) is 11.3. The minimum atomic E-state index is -3.00. The molecule has 0 spiro atoms. The minimum Gasteiger partial charge on any atom is -0.463 e. The second-order valence-electron chi connectivity index (χ2n) is 12.9. The maximum atomic E-state index is 14.3. The normalized spacial score (nSPS) is 16.9. The van der Waals surface area contributed by atoms with Crippen molar-refractivity contribution in [1.82, 2.24) is 4.90 Å². The van der Waals surface area contributed by atoms with Gasteiger partial charge in [-0.15, -0.1) is 6.58 Å². The zero-order valence-electron chi connectivity index (χ0n) is 28.3. The minimum absolute atomic E-state index is 0.0190. The molecule has 1 unspecified atom stereocenters. The van der Waals surface area contributed by atoms with E-state index in [2.05, 4.69) is 94.1 Å². The number of ether oxygens (including phenoxy) is 1. The Bertz CT molecular complexity index is 1680. The summed E-state index contributed by atoms with van der Waals surface area (Å²) in [6.07, 6.45) is 5.73. The number of hydrogen-bond donors (Lipinski definition) is 0. The summed E-state index contributed by atoms with van der Waals surface area (Å²) in [5.41, 5.74) is 1.68. The van der Waals surface area contributed by atoms with Crippen LogP contribution in [0, 0.1) is 0 Å². The first-order valence-electron chi connectivity index (χ1n) is 16.6. The van der Waals surface area contributed by atoms with Crippen molar-refractivity contribution < 1.29 is 18.8 Å². The Morgan fingerprint density at radius 3 is 2.02 bits per heavy atom. The van der Waals surface area contributed by atoms with E-state index in [4.69, 9.17) is 9.16 Å². The van der Waals surface area contributed by atoms with Crippen molar-refractivity contribution in [2.24, 2.45) is 0 Å². The Balaban J connectivity index is 1.59. The Labute approximate surface area is 290 Å². The van der Waals surface area contributed by atoms with Crippen LogP contribution >= 0.6 is 11.8 Å². The van der Waals surface area contributed by atoms with Gasteiger partial charge < -0.3 is 14.1 Å². The van der Waals surface area contributed by atoms with Crippen LogP contribution in [0.4, 0.5) is 0 Å². The molecule has 0 saturated carbocycles. The van der Waals surface area contributed by atoms with Gasteiger partial charge in [-0.3, -0.25) is 4.79 Å². The summed E-state index contributed by atoms with van der Waals surface area (Å²) in [5.74, 6) is -0.437. The number of esters is 1. The van der Waals surface area contributed by atoms with E-state index in [1.807, 2.05) is 65.6 Å². The van der Waals surface area contributed by atoms with Crippen molar-refractivity contribution in [1.29, 1.82) is 0 Å². The van der Waals surface area contributed by atoms with Crippen molar-refractivity contribution >= 4 is 42.3 Å². The number of nitrogens with zero attached hydrogens (tertiary/aromatic N) is 1. The molecule has 0 N–H and O–H groups in total. The summed E-state index contributed by atoms with van der Waals surface area (Å²) in [6.45, 7) is 13.3. The lowest BCUT2D eigenvalue weighted by atomic mass is 10.0. The zero-order chi connectivity index (χ0) is 34.2. The van der Waals surface area contributed by atoms with Crippen LogP contribution in [-0.2, 0) is 18.8 Å². The number of hydrogen-bond acceptors (Lipinski definition) is 5. The van der Waals surface area contributed by atoms with E-state index in [1.165, 1.54) is 6.08 Å². The number of carbonyl (C=O) groups excluding carboxylic acids is 2. The number of thioether (sulfide) groups is 1. The zero-order valence-corrected chi connectivity index (χ0v) is 30.1. The SMILES string of the molecule is C=CCC1(Sc2ccccc2)c2ccccc2C(=O)N1CC[C@@H](/C=C/C(=O)OCC)O[Si](c1ccccc1)(c1ccccc1)C(C)(C)C. The molecule has 248 valence electrons. The van der Waals surface area contributed by atoms with Crippen LogP contribution in [0.5, 0.6) is 0 Å². The average molecular weight is 676 g/mol. The second-order valence-corrected chi connectivity index (χ2v) is 18.5. The van der Waals surface area contributed by atoms with E-state index in [-0.39, 0.29) is 17.6 Å². The van der Waals surface area contributed by atoms with E-state index >= 15 is 0 Å². The predicted octanol–water partition coefficient (Wildman–Crippen LogP) is 8.12. The molecule has 4 aromatic rings. The fourth-order valence-electron chi connectivity index (χ4n) is 6.74. The fourth-order valence-corrected chi connectivity index (χ4v) is 12.9. The molecule has 0 fully saturated rings. The van der Waals surface area contributed by atoms with Gasteiger partial charge in [-0.1, -0.05) is 136 Å². The molecule has 1 heterocycles. The van der Waals surface area contributed by atoms with Crippen molar-refractivity contribution in [3.8, 4) is 0 Å². The molecule has 0 aliphatic carbocycles. The first-order valence-corrected chi connectivity index (χ1v) is 19.3. The molecule has 0 saturated heterocycles. The third-order valence-electron chi connectivity index (χ3n) is 8.83. The maximum absolute atomic E-state index is 14.3. The smallest absolute Gasteiger partial charge is 0.330 e. The molecule has 48 heavy (non-hydrogen) atoms. The first kappa shape index (κ1) is 35.1. The summed E-state index contributed by atoms with van der Waals surface area (Å²) in [7, 11) is -3.00. The van der Waals surface area contributed by atoms with Gasteiger partial charge in [-0.2, -0.15) is 0 Å². The third-order valence-corrected chi connectivity index (χ3v) is 15.3. The first-order chi connectivity index (χ1) is 23.2. The van der Waals surface area contributed by atoms with Crippen molar-refractivity contribution in [3.05, 3.63) is 151 Å². The fraction of sp³-hybridized carbons (Fsp3) is 0.268. The molecule has 4 aromatic carbocycles. The summed E-state index contributed by atoms with van der Waals surface area (Å²) in [4.78, 5) is 29.3. The highest BCUT2D eigenvalue weighted by Gasteiger charge is 2.52. The molecule has 0 aromatic heterocycles. The highest BCUT2D eigenvalue weighted by molar-refractivity contribution is 8.00. The molecule has 1 aliphatic heterocycles. The van der Waals surface area contributed by atoms with Crippen molar-refractivity contribution in [3.63, 3.8) is 0 Å². The highest BCUT2D eigenvalue weighted by Crippen LogP contribution is 2.53. The van der Waals surface area contributed by atoms with E-state index in [1.54, 1.807) is 18.7 Å². The highest BCUT2D eigenvalue weighted by atomic mass is 32.2. The number of rotatable bonds is 14. The van der Waals surface area contributed by atoms with Crippen LogP contribution in [0.3, 0.4) is 0 Å². The number of amides is 1. The van der Waals surface area contributed by atoms with Crippen LogP contribution in [0.1, 0.15) is 56.5 Å². The number of benzene rings is 4. The van der Waals surface area contributed by atoms with E-state index in [0.717, 1.165) is 20.8 Å². The average Bonchev–Trinajstić information content (AvgIpc) is 3.31. The van der Waals surface area contributed by atoms with Crippen LogP contribution in [0.15, 0.2) is 145 Å². The molecular weight excluding hydrogens is 631 g/mol. The topological polar surface area (TPSA) is 55.8 Å². The molecule has 7 heteroatoms. The van der Waals surface area contributed by atoms with Gasteiger partial charge in [-0.05, 0) is 53.0 Å². The Morgan fingerprint density at radius 1 is 0.896 bits per heavy atom. The van der Waals surface area contributed by atoms with Crippen LogP contribution in [0.2, 0.25) is 5.04 Å². The van der Waals surface area contributed by atoms with Gasteiger partial charge in [0.1, 0.15) is 4.87 Å². The van der Waals surface area contributed by atoms with Crippen LogP contribution < -0.4 is 10.4 Å². The van der Waals surface area contributed by atoms with Gasteiger partial charge in [0.2, 0.25) is 0 Å². The molecule has 5 nitrogen and oxygen atoms in total. The van der Waals surface area contributed by atoms with Gasteiger partial charge in [-0.25, -0.2) is 4.79 Å². The van der Waals surface area contributed by atoms with Gasteiger partial charge in [0.05, 0.1) is 12.7 Å². The lowest BCUT2D eigenvalue weighted by Crippen LogP contribution is -2.67. The molecule has 0 radical (unpaired) electrons. The summed E-state index contributed by atoms with van der Waals surface area (Å²) >= 11 is 1.68. The third kappa shape index (κ3) is 7.14. The molecule has 1 aliphatic rings. The number of carbonyl (C=O) groups is 2. The molecule has 1 amide bonds. The molecule has 5 rings (SSSR count). The standard InChI is InChI=1S/C41H45NO4SSi/c1-6-30-41(47-33-19-11-8-12-20-33)37-26-18-17-25-36(37)39(44)42(41)31-29-32(27-28-38(43)45-7-2)46-48(40(3,4)5,34-21-13-9-14-22-34)35-23-15-10-16-24-35/h6,8-28,32H,1,7,29-31H2,2-5H3/b28-27+/t32-,41?/m1/s1. The van der Waals surface area contributed by atoms with E-state index in [9.17, 15) is 9.59 Å². The van der Waals surface area contributed by atoms with Gasteiger partial charge in [0.15, 0.2) is 0 Å². The predicted molar refractivity (Wildman–Crippen MR) is 199 cm³/mol. The lowest BCUT2D eigenvalue weighted by molar-refractivity contribution is -0.137. The van der Waals surface area contributed by atoms with Gasteiger partial charge in [0, 0.05) is 35.1 Å². The Morgan fingerprint density at radius 2 is 1.46 bits per heavy atom. The number of fused-ring (bicyclic) bond motifs is 1. The summed E-state index contributed by atoms with van der Waals surface area (Å²) < 4.78 is 12.8. The van der Waals surface area contributed by atoms with Gasteiger partial charge in [0.25, 0.3) is 14.2 Å². The molecular formula is C41H45NO4SSi. The lowest BCUT2D eigenvalue weighted by Gasteiger charge is -2.45. The van der Waals surface area contributed by atoms with E-state index < -0.39 is 25.3 Å².